The maximum absolute atomic E-state index is 12.0. The zero-order valence-corrected chi connectivity index (χ0v) is 9.98. The number of Topliss-reactive ketones (excluding diaryl/α,β-unsaturated/α-hetero) is 1. The molecule has 3 nitrogen and oxygen atoms in total. The average Bonchev–Trinajstić information content (AvgIpc) is 2.54. The summed E-state index contributed by atoms with van der Waals surface area (Å²) >= 11 is 0. The van der Waals surface area contributed by atoms with Crippen molar-refractivity contribution < 1.29 is 4.79 Å². The highest BCUT2D eigenvalue weighted by Crippen LogP contribution is 2.10. The first-order valence-electron chi connectivity index (χ1n) is 6.13. The lowest BCUT2D eigenvalue weighted by molar-refractivity contribution is 0.0933. The van der Waals surface area contributed by atoms with Crippen molar-refractivity contribution in [3.8, 4) is 0 Å². The van der Waals surface area contributed by atoms with Gasteiger partial charge in [-0.15, -0.1) is 0 Å². The van der Waals surface area contributed by atoms with Crippen molar-refractivity contribution in [2.24, 2.45) is 7.05 Å². The molecule has 0 aliphatic carbocycles. The molecule has 0 unspecified atom stereocenters. The number of aryl methyl sites for hydroxylation is 1. The van der Waals surface area contributed by atoms with E-state index in [0.717, 1.165) is 18.7 Å². The Bertz CT molecular complexity index is 349. The minimum Gasteiger partial charge on any atom is -0.357 e. The highest BCUT2D eigenvalue weighted by molar-refractivity contribution is 5.97. The van der Waals surface area contributed by atoms with Crippen molar-refractivity contribution in [1.82, 2.24) is 9.47 Å². The quantitative estimate of drug-likeness (QED) is 0.729. The van der Waals surface area contributed by atoms with E-state index in [-0.39, 0.29) is 5.78 Å². The van der Waals surface area contributed by atoms with E-state index in [4.69, 9.17) is 0 Å². The zero-order valence-electron chi connectivity index (χ0n) is 9.98. The van der Waals surface area contributed by atoms with Crippen LogP contribution in [0.3, 0.4) is 0 Å². The predicted molar refractivity (Wildman–Crippen MR) is 64.7 cm³/mol. The monoisotopic (exact) mass is 220 g/mol. The van der Waals surface area contributed by atoms with Crippen molar-refractivity contribution in [3.63, 3.8) is 0 Å². The third-order valence-corrected chi connectivity index (χ3v) is 3.22. The molecule has 0 saturated carbocycles. The molecule has 0 N–H and O–H groups in total. The minimum absolute atomic E-state index is 0.252. The highest BCUT2D eigenvalue weighted by Gasteiger charge is 2.14. The topological polar surface area (TPSA) is 25.2 Å². The van der Waals surface area contributed by atoms with Crippen LogP contribution in [0.25, 0.3) is 0 Å². The Morgan fingerprint density at radius 1 is 1.25 bits per heavy atom. The standard InChI is InChI=1S/C13H20N2O/c1-14-9-6-12(10-14)13(16)11-15-7-4-2-3-5-8-15/h6,9-10H,2-5,7-8,11H2,1H3. The Balaban J connectivity index is 1.90. The van der Waals surface area contributed by atoms with Crippen molar-refractivity contribution in [2.75, 3.05) is 19.6 Å². The highest BCUT2D eigenvalue weighted by atomic mass is 16.1. The number of ketones is 1. The smallest absolute Gasteiger partial charge is 0.178 e. The largest absolute Gasteiger partial charge is 0.357 e. The van der Waals surface area contributed by atoms with Crippen LogP contribution in [0.15, 0.2) is 18.5 Å². The number of hydrogen-bond acceptors (Lipinski definition) is 2. The second kappa shape index (κ2) is 5.30. The Labute approximate surface area is 97.1 Å². The fourth-order valence-corrected chi connectivity index (χ4v) is 2.26. The van der Waals surface area contributed by atoms with Gasteiger partial charge < -0.3 is 4.57 Å². The molecule has 0 radical (unpaired) electrons. The van der Waals surface area contributed by atoms with E-state index in [0.29, 0.717) is 6.54 Å². The van der Waals surface area contributed by atoms with E-state index in [1.807, 2.05) is 30.1 Å². The van der Waals surface area contributed by atoms with Crippen molar-refractivity contribution in [3.05, 3.63) is 24.0 Å². The first-order valence-corrected chi connectivity index (χ1v) is 6.13. The second-order valence-corrected chi connectivity index (χ2v) is 4.68. The summed E-state index contributed by atoms with van der Waals surface area (Å²) in [4.78, 5) is 14.3. The summed E-state index contributed by atoms with van der Waals surface area (Å²) in [5, 5.41) is 0. The molecule has 2 heterocycles. The van der Waals surface area contributed by atoms with Crippen molar-refractivity contribution in [2.45, 2.75) is 25.7 Å². The number of likely N-dealkylation sites (tertiary alicyclic amines) is 1. The lowest BCUT2D eigenvalue weighted by Crippen LogP contribution is -2.30. The number of aromatic nitrogens is 1. The van der Waals surface area contributed by atoms with E-state index < -0.39 is 0 Å². The molecule has 2 rings (SSSR count). The van der Waals surface area contributed by atoms with Crippen LogP contribution >= 0.6 is 0 Å². The Hall–Kier alpha value is -1.09. The van der Waals surface area contributed by atoms with Gasteiger partial charge in [-0.3, -0.25) is 9.69 Å². The molecule has 16 heavy (non-hydrogen) atoms. The SMILES string of the molecule is Cn1ccc(C(=O)CN2CCCCCC2)c1. The van der Waals surface area contributed by atoms with Crippen LogP contribution in [0.1, 0.15) is 36.0 Å². The Morgan fingerprint density at radius 2 is 1.94 bits per heavy atom. The fourth-order valence-electron chi connectivity index (χ4n) is 2.26. The molecule has 0 aromatic carbocycles. The predicted octanol–water partition coefficient (Wildman–Crippen LogP) is 2.08. The summed E-state index contributed by atoms with van der Waals surface area (Å²) in [6.07, 6.45) is 8.94. The van der Waals surface area contributed by atoms with E-state index in [2.05, 4.69) is 4.90 Å². The molecule has 0 spiro atoms. The van der Waals surface area contributed by atoms with Crippen molar-refractivity contribution >= 4 is 5.78 Å². The molecule has 1 aliphatic rings. The molecule has 0 bridgehead atoms. The van der Waals surface area contributed by atoms with Gasteiger partial charge in [-0.2, -0.15) is 0 Å². The first-order chi connectivity index (χ1) is 7.75. The van der Waals surface area contributed by atoms with Gasteiger partial charge in [-0.25, -0.2) is 0 Å². The first kappa shape index (κ1) is 11.4. The van der Waals surface area contributed by atoms with Crippen LogP contribution in [-0.2, 0) is 7.05 Å². The Morgan fingerprint density at radius 3 is 2.50 bits per heavy atom. The number of carbonyl (C=O) groups excluding carboxylic acids is 1. The lowest BCUT2D eigenvalue weighted by Gasteiger charge is -2.18. The summed E-state index contributed by atoms with van der Waals surface area (Å²) < 4.78 is 1.93. The molecular formula is C13H20N2O. The Kier molecular flexibility index (Phi) is 3.78. The van der Waals surface area contributed by atoms with Gasteiger partial charge in [0.25, 0.3) is 0 Å². The summed E-state index contributed by atoms with van der Waals surface area (Å²) in [6, 6.07) is 1.90. The van der Waals surface area contributed by atoms with E-state index in [1.54, 1.807) is 0 Å². The van der Waals surface area contributed by atoms with Gasteiger partial charge in [0.1, 0.15) is 0 Å². The number of rotatable bonds is 3. The summed E-state index contributed by atoms with van der Waals surface area (Å²) in [5.74, 6) is 0.252. The molecule has 88 valence electrons. The van der Waals surface area contributed by atoms with E-state index in [9.17, 15) is 4.79 Å². The molecule has 1 aromatic rings. The number of carbonyl (C=O) groups is 1. The van der Waals surface area contributed by atoms with Gasteiger partial charge in [0, 0.05) is 25.0 Å². The van der Waals surface area contributed by atoms with Gasteiger partial charge in [0.15, 0.2) is 5.78 Å². The number of nitrogens with zero attached hydrogens (tertiary/aromatic N) is 2. The van der Waals surface area contributed by atoms with Crippen molar-refractivity contribution in [1.29, 1.82) is 0 Å². The summed E-state index contributed by atoms with van der Waals surface area (Å²) in [7, 11) is 1.95. The van der Waals surface area contributed by atoms with Gasteiger partial charge in [-0.05, 0) is 32.0 Å². The molecule has 3 heteroatoms. The third kappa shape index (κ3) is 2.95. The van der Waals surface area contributed by atoms with Crippen LogP contribution in [-0.4, -0.2) is 34.9 Å². The summed E-state index contributed by atoms with van der Waals surface area (Å²) in [6.45, 7) is 2.75. The fraction of sp³-hybridized carbons (Fsp3) is 0.615. The minimum atomic E-state index is 0.252. The van der Waals surface area contributed by atoms with E-state index >= 15 is 0 Å². The van der Waals surface area contributed by atoms with Gasteiger partial charge in [0.2, 0.25) is 0 Å². The number of hydrogen-bond donors (Lipinski definition) is 0. The second-order valence-electron chi connectivity index (χ2n) is 4.68. The molecule has 1 aliphatic heterocycles. The maximum Gasteiger partial charge on any atom is 0.178 e. The van der Waals surface area contributed by atoms with Gasteiger partial charge >= 0.3 is 0 Å². The maximum atomic E-state index is 12.0. The lowest BCUT2D eigenvalue weighted by atomic mass is 10.2. The van der Waals surface area contributed by atoms with Crippen LogP contribution in [0.4, 0.5) is 0 Å². The molecule has 0 atom stereocenters. The molecule has 1 fully saturated rings. The molecule has 1 saturated heterocycles. The van der Waals surface area contributed by atoms with E-state index in [1.165, 1.54) is 25.7 Å². The van der Waals surface area contributed by atoms with Gasteiger partial charge in [0.05, 0.1) is 6.54 Å². The van der Waals surface area contributed by atoms with Crippen LogP contribution in [0.5, 0.6) is 0 Å². The summed E-state index contributed by atoms with van der Waals surface area (Å²) in [5.41, 5.74) is 0.840. The third-order valence-electron chi connectivity index (χ3n) is 3.22. The van der Waals surface area contributed by atoms with Crippen LogP contribution in [0.2, 0.25) is 0 Å². The zero-order chi connectivity index (χ0) is 11.4. The molecule has 1 aromatic heterocycles. The normalized spacial score (nSPS) is 18.3. The molecular weight excluding hydrogens is 200 g/mol. The molecule has 0 amide bonds. The van der Waals surface area contributed by atoms with Gasteiger partial charge in [-0.1, -0.05) is 12.8 Å². The van der Waals surface area contributed by atoms with Crippen LogP contribution in [0, 0.1) is 0 Å². The average molecular weight is 220 g/mol. The van der Waals surface area contributed by atoms with Crippen LogP contribution < -0.4 is 0 Å².